The van der Waals surface area contributed by atoms with Crippen LogP contribution in [0.4, 0.5) is 5.69 Å². The fourth-order valence-electron chi connectivity index (χ4n) is 1.72. The van der Waals surface area contributed by atoms with Gasteiger partial charge in [-0.05, 0) is 32.3 Å². The fourth-order valence-corrected chi connectivity index (χ4v) is 2.80. The highest BCUT2D eigenvalue weighted by Crippen LogP contribution is 2.36. The summed E-state index contributed by atoms with van der Waals surface area (Å²) in [5, 5.41) is 0.675. The lowest BCUT2D eigenvalue weighted by atomic mass is 10.2. The summed E-state index contributed by atoms with van der Waals surface area (Å²) in [7, 11) is 4.00. The van der Waals surface area contributed by atoms with E-state index in [0.29, 0.717) is 17.3 Å². The Kier molecular flexibility index (Phi) is 3.97. The average Bonchev–Trinajstić information content (AvgIpc) is 2.27. The van der Waals surface area contributed by atoms with Crippen LogP contribution in [0.3, 0.4) is 0 Å². The highest BCUT2D eigenvalue weighted by atomic mass is 35.5. The number of thioether (sulfide) groups is 1. The Balaban J connectivity index is 2.26. The first-order chi connectivity index (χ1) is 8.08. The van der Waals surface area contributed by atoms with Gasteiger partial charge in [0.15, 0.2) is 0 Å². The van der Waals surface area contributed by atoms with E-state index in [1.807, 2.05) is 37.2 Å². The van der Waals surface area contributed by atoms with Gasteiger partial charge in [0.05, 0.1) is 11.4 Å². The van der Waals surface area contributed by atoms with Gasteiger partial charge in [0.2, 0.25) is 5.91 Å². The maximum Gasteiger partial charge on any atom is 0.237 e. The Morgan fingerprint density at radius 2 is 2.24 bits per heavy atom. The molecular formula is C12H15ClN2OS. The summed E-state index contributed by atoms with van der Waals surface area (Å²) in [5.74, 6) is 0.675. The van der Waals surface area contributed by atoms with E-state index in [1.54, 1.807) is 11.8 Å². The second kappa shape index (κ2) is 5.29. The smallest absolute Gasteiger partial charge is 0.237 e. The van der Waals surface area contributed by atoms with Gasteiger partial charge in [0, 0.05) is 23.0 Å². The van der Waals surface area contributed by atoms with Crippen molar-refractivity contribution in [1.29, 1.82) is 0 Å². The molecule has 1 aliphatic heterocycles. The third-order valence-electron chi connectivity index (χ3n) is 2.63. The number of carbonyl (C=O) groups is 1. The van der Waals surface area contributed by atoms with Crippen molar-refractivity contribution in [2.24, 2.45) is 0 Å². The molecule has 0 saturated carbocycles. The van der Waals surface area contributed by atoms with Crippen LogP contribution in [-0.2, 0) is 4.79 Å². The lowest BCUT2D eigenvalue weighted by Crippen LogP contribution is -2.39. The number of hydrogen-bond acceptors (Lipinski definition) is 3. The van der Waals surface area contributed by atoms with Crippen LogP contribution in [0.25, 0.3) is 0 Å². The highest BCUT2D eigenvalue weighted by Gasteiger charge is 2.24. The molecule has 0 fully saturated rings. The maximum absolute atomic E-state index is 11.9. The molecule has 1 amide bonds. The number of likely N-dealkylation sites (N-methyl/N-ethyl adjacent to an activating group) is 1. The number of amides is 1. The van der Waals surface area contributed by atoms with E-state index in [1.165, 1.54) is 0 Å². The normalized spacial score (nSPS) is 15.3. The lowest BCUT2D eigenvalue weighted by Gasteiger charge is -2.30. The number of benzene rings is 1. The molecule has 0 aromatic heterocycles. The quantitative estimate of drug-likeness (QED) is 0.842. The van der Waals surface area contributed by atoms with Crippen molar-refractivity contribution >= 4 is 35.0 Å². The maximum atomic E-state index is 11.9. The zero-order chi connectivity index (χ0) is 12.4. The SMILES string of the molecule is CN(C)CCN1C(=O)CSc2ccc(Cl)cc21. The number of fused-ring (bicyclic) bond motifs is 1. The molecule has 1 aromatic carbocycles. The molecule has 1 heterocycles. The van der Waals surface area contributed by atoms with E-state index in [9.17, 15) is 4.79 Å². The van der Waals surface area contributed by atoms with Crippen molar-refractivity contribution in [3.63, 3.8) is 0 Å². The molecule has 3 nitrogen and oxygen atoms in total. The molecule has 17 heavy (non-hydrogen) atoms. The zero-order valence-corrected chi connectivity index (χ0v) is 11.5. The van der Waals surface area contributed by atoms with Crippen molar-refractivity contribution in [3.8, 4) is 0 Å². The molecule has 5 heteroatoms. The first kappa shape index (κ1) is 12.7. The zero-order valence-electron chi connectivity index (χ0n) is 9.94. The molecule has 92 valence electrons. The fraction of sp³-hybridized carbons (Fsp3) is 0.417. The van der Waals surface area contributed by atoms with Crippen molar-refractivity contribution in [2.75, 3.05) is 37.8 Å². The molecule has 0 radical (unpaired) electrons. The topological polar surface area (TPSA) is 23.6 Å². The van der Waals surface area contributed by atoms with Crippen molar-refractivity contribution in [3.05, 3.63) is 23.2 Å². The summed E-state index contributed by atoms with van der Waals surface area (Å²) in [6.07, 6.45) is 0. The molecule has 2 rings (SSSR count). The molecule has 0 bridgehead atoms. The van der Waals surface area contributed by atoms with Crippen molar-refractivity contribution < 1.29 is 4.79 Å². The standard InChI is InChI=1S/C12H15ClN2OS/c1-14(2)5-6-15-10-7-9(13)3-4-11(10)17-8-12(15)16/h3-4,7H,5-6,8H2,1-2H3. The number of carbonyl (C=O) groups excluding carboxylic acids is 1. The van der Waals surface area contributed by atoms with Gasteiger partial charge in [0.25, 0.3) is 0 Å². The Morgan fingerprint density at radius 1 is 1.47 bits per heavy atom. The summed E-state index contributed by atoms with van der Waals surface area (Å²) in [6, 6.07) is 5.72. The third kappa shape index (κ3) is 2.94. The first-order valence-corrected chi connectivity index (χ1v) is 6.82. The van der Waals surface area contributed by atoms with Gasteiger partial charge >= 0.3 is 0 Å². The van der Waals surface area contributed by atoms with Crippen molar-refractivity contribution in [1.82, 2.24) is 4.90 Å². The van der Waals surface area contributed by atoms with Gasteiger partial charge in [-0.15, -0.1) is 11.8 Å². The molecule has 0 aliphatic carbocycles. The first-order valence-electron chi connectivity index (χ1n) is 5.45. The van der Waals surface area contributed by atoms with Crippen molar-refractivity contribution in [2.45, 2.75) is 4.90 Å². The van der Waals surface area contributed by atoms with Crippen LogP contribution in [0.2, 0.25) is 5.02 Å². The van der Waals surface area contributed by atoms with Gasteiger partial charge in [0.1, 0.15) is 0 Å². The number of anilines is 1. The molecule has 1 aromatic rings. The highest BCUT2D eigenvalue weighted by molar-refractivity contribution is 8.00. The number of halogens is 1. The average molecular weight is 271 g/mol. The van der Waals surface area contributed by atoms with Crippen LogP contribution in [0.1, 0.15) is 0 Å². The number of nitrogens with zero attached hydrogens (tertiary/aromatic N) is 2. The molecule has 0 unspecified atom stereocenters. The lowest BCUT2D eigenvalue weighted by molar-refractivity contribution is -0.116. The van der Waals surface area contributed by atoms with Gasteiger partial charge in [-0.3, -0.25) is 4.79 Å². The predicted octanol–water partition coefficient (Wildman–Crippen LogP) is 2.34. The van der Waals surface area contributed by atoms with Crippen LogP contribution < -0.4 is 4.90 Å². The second-order valence-electron chi connectivity index (χ2n) is 4.25. The Labute approximate surface area is 111 Å². The van der Waals surface area contributed by atoms with E-state index in [4.69, 9.17) is 11.6 Å². The second-order valence-corrected chi connectivity index (χ2v) is 5.70. The Hall–Kier alpha value is -0.710. The minimum absolute atomic E-state index is 0.159. The summed E-state index contributed by atoms with van der Waals surface area (Å²) in [5.41, 5.74) is 0.945. The minimum Gasteiger partial charge on any atom is -0.309 e. The summed E-state index contributed by atoms with van der Waals surface area (Å²) >= 11 is 7.57. The number of rotatable bonds is 3. The molecule has 0 atom stereocenters. The van der Waals surface area contributed by atoms with Crippen LogP contribution >= 0.6 is 23.4 Å². The van der Waals surface area contributed by atoms with Gasteiger partial charge in [-0.1, -0.05) is 11.6 Å². The Bertz CT molecular complexity index is 437. The Morgan fingerprint density at radius 3 is 2.94 bits per heavy atom. The van der Waals surface area contributed by atoms with Gasteiger partial charge < -0.3 is 9.80 Å². The number of hydrogen-bond donors (Lipinski definition) is 0. The van der Waals surface area contributed by atoms with E-state index in [2.05, 4.69) is 4.90 Å². The summed E-state index contributed by atoms with van der Waals surface area (Å²) < 4.78 is 0. The van der Waals surface area contributed by atoms with Crippen LogP contribution in [0, 0.1) is 0 Å². The van der Waals surface area contributed by atoms with Gasteiger partial charge in [-0.2, -0.15) is 0 Å². The summed E-state index contributed by atoms with van der Waals surface area (Å²) in [6.45, 7) is 1.56. The molecule has 0 spiro atoms. The van der Waals surface area contributed by atoms with Crippen LogP contribution in [0.15, 0.2) is 23.1 Å². The predicted molar refractivity (Wildman–Crippen MR) is 73.1 cm³/mol. The monoisotopic (exact) mass is 270 g/mol. The summed E-state index contributed by atoms with van der Waals surface area (Å²) in [4.78, 5) is 17.0. The van der Waals surface area contributed by atoms with E-state index >= 15 is 0 Å². The van der Waals surface area contributed by atoms with E-state index in [-0.39, 0.29) is 5.91 Å². The molecule has 1 aliphatic rings. The molecule has 0 saturated heterocycles. The third-order valence-corrected chi connectivity index (χ3v) is 3.92. The van der Waals surface area contributed by atoms with E-state index in [0.717, 1.165) is 17.1 Å². The largest absolute Gasteiger partial charge is 0.309 e. The minimum atomic E-state index is 0.159. The van der Waals surface area contributed by atoms with Crippen LogP contribution in [-0.4, -0.2) is 43.7 Å². The molecule has 0 N–H and O–H groups in total. The van der Waals surface area contributed by atoms with E-state index < -0.39 is 0 Å². The van der Waals surface area contributed by atoms with Crippen LogP contribution in [0.5, 0.6) is 0 Å². The van der Waals surface area contributed by atoms with Gasteiger partial charge in [-0.25, -0.2) is 0 Å². The molecular weight excluding hydrogens is 256 g/mol.